The molecule has 0 fully saturated rings. The molecule has 114 valence electrons. The molecule has 0 N–H and O–H groups in total. The minimum atomic E-state index is -3.50. The van der Waals surface area contributed by atoms with Crippen molar-refractivity contribution in [3.8, 4) is 5.75 Å². The Morgan fingerprint density at radius 2 is 1.75 bits per heavy atom. The number of nitrogens with zero attached hydrogens (tertiary/aromatic N) is 1. The molecular formula is C14H23NO3S2. The second-order valence-electron chi connectivity index (χ2n) is 5.18. The zero-order valence-corrected chi connectivity index (χ0v) is 14.1. The third-order valence-electron chi connectivity index (χ3n) is 2.97. The van der Waals surface area contributed by atoms with Gasteiger partial charge in [-0.15, -0.1) is 0 Å². The Morgan fingerprint density at radius 3 is 2.15 bits per heavy atom. The fraction of sp³-hybridized carbons (Fsp3) is 0.571. The van der Waals surface area contributed by atoms with Gasteiger partial charge in [0.2, 0.25) is 10.0 Å². The molecular weight excluding hydrogens is 294 g/mol. The van der Waals surface area contributed by atoms with Crippen molar-refractivity contribution in [2.45, 2.75) is 31.7 Å². The molecule has 0 radical (unpaired) electrons. The highest BCUT2D eigenvalue weighted by molar-refractivity contribution is 7.89. The number of rotatable bonds is 7. The van der Waals surface area contributed by atoms with Crippen molar-refractivity contribution < 1.29 is 13.2 Å². The van der Waals surface area contributed by atoms with E-state index in [4.69, 9.17) is 4.74 Å². The molecule has 0 aliphatic heterocycles. The van der Waals surface area contributed by atoms with Crippen LogP contribution in [0.3, 0.4) is 0 Å². The van der Waals surface area contributed by atoms with Crippen LogP contribution in [0.25, 0.3) is 0 Å². The van der Waals surface area contributed by atoms with Gasteiger partial charge in [-0.2, -0.15) is 16.9 Å². The standard InChI is InChI=1S/C14H23NO3S2/c1-11(2)9-15(12(3)10-19)20(16,17)14-7-5-13(18-4)6-8-14/h5-8,11-12,19H,9-10H2,1-4H3. The minimum absolute atomic E-state index is 0.146. The number of hydrogen-bond acceptors (Lipinski definition) is 4. The van der Waals surface area contributed by atoms with Crippen molar-refractivity contribution in [1.82, 2.24) is 4.31 Å². The van der Waals surface area contributed by atoms with Crippen LogP contribution in [-0.2, 0) is 10.0 Å². The molecule has 0 spiro atoms. The number of ether oxygens (including phenoxy) is 1. The summed E-state index contributed by atoms with van der Waals surface area (Å²) < 4.78 is 32.0. The molecule has 0 aromatic heterocycles. The van der Waals surface area contributed by atoms with Crippen LogP contribution in [0.4, 0.5) is 0 Å². The van der Waals surface area contributed by atoms with Gasteiger partial charge in [0.25, 0.3) is 0 Å². The first-order valence-electron chi connectivity index (χ1n) is 6.59. The average Bonchev–Trinajstić information content (AvgIpc) is 2.43. The molecule has 1 aromatic rings. The van der Waals surface area contributed by atoms with Gasteiger partial charge in [0, 0.05) is 18.3 Å². The predicted octanol–water partition coefficient (Wildman–Crippen LogP) is 2.66. The van der Waals surface area contributed by atoms with E-state index in [2.05, 4.69) is 12.6 Å². The third kappa shape index (κ3) is 4.14. The molecule has 0 aliphatic carbocycles. The van der Waals surface area contributed by atoms with Crippen molar-refractivity contribution >= 4 is 22.7 Å². The van der Waals surface area contributed by atoms with Crippen molar-refractivity contribution in [3.05, 3.63) is 24.3 Å². The maximum absolute atomic E-state index is 12.7. The summed E-state index contributed by atoms with van der Waals surface area (Å²) in [5.74, 6) is 1.38. The average molecular weight is 317 g/mol. The van der Waals surface area contributed by atoms with Gasteiger partial charge in [-0.25, -0.2) is 8.42 Å². The lowest BCUT2D eigenvalue weighted by Crippen LogP contribution is -2.41. The van der Waals surface area contributed by atoms with E-state index in [0.717, 1.165) is 0 Å². The molecule has 0 heterocycles. The first-order valence-corrected chi connectivity index (χ1v) is 8.67. The second-order valence-corrected chi connectivity index (χ2v) is 7.43. The van der Waals surface area contributed by atoms with E-state index in [0.29, 0.717) is 18.0 Å². The summed E-state index contributed by atoms with van der Waals surface area (Å²) in [6, 6.07) is 6.32. The van der Waals surface area contributed by atoms with Gasteiger partial charge < -0.3 is 4.74 Å². The molecule has 1 aromatic carbocycles. The van der Waals surface area contributed by atoms with Gasteiger partial charge in [0.05, 0.1) is 12.0 Å². The topological polar surface area (TPSA) is 46.6 Å². The molecule has 1 atom stereocenters. The van der Waals surface area contributed by atoms with Crippen molar-refractivity contribution in [2.24, 2.45) is 5.92 Å². The van der Waals surface area contributed by atoms with Gasteiger partial charge in [-0.05, 0) is 37.1 Å². The van der Waals surface area contributed by atoms with Crippen LogP contribution >= 0.6 is 12.6 Å². The number of methoxy groups -OCH3 is 1. The van der Waals surface area contributed by atoms with E-state index < -0.39 is 10.0 Å². The van der Waals surface area contributed by atoms with Crippen LogP contribution in [0.1, 0.15) is 20.8 Å². The zero-order chi connectivity index (χ0) is 15.3. The lowest BCUT2D eigenvalue weighted by molar-refractivity contribution is 0.322. The van der Waals surface area contributed by atoms with Crippen LogP contribution < -0.4 is 4.74 Å². The highest BCUT2D eigenvalue weighted by Gasteiger charge is 2.28. The number of hydrogen-bond donors (Lipinski definition) is 1. The highest BCUT2D eigenvalue weighted by atomic mass is 32.2. The molecule has 0 bridgehead atoms. The number of thiol groups is 1. The van der Waals surface area contributed by atoms with Crippen LogP contribution in [0.15, 0.2) is 29.2 Å². The Morgan fingerprint density at radius 1 is 1.20 bits per heavy atom. The smallest absolute Gasteiger partial charge is 0.243 e. The fourth-order valence-corrected chi connectivity index (χ4v) is 3.95. The molecule has 0 amide bonds. The summed E-state index contributed by atoms with van der Waals surface area (Å²) in [5.41, 5.74) is 0. The molecule has 0 saturated heterocycles. The van der Waals surface area contributed by atoms with E-state index >= 15 is 0 Å². The molecule has 0 aliphatic rings. The summed E-state index contributed by atoms with van der Waals surface area (Å²) in [6.45, 7) is 6.36. The highest BCUT2D eigenvalue weighted by Crippen LogP contribution is 2.22. The summed E-state index contributed by atoms with van der Waals surface area (Å²) in [7, 11) is -1.95. The number of sulfonamides is 1. The number of benzene rings is 1. The summed E-state index contributed by atoms with van der Waals surface area (Å²) in [4.78, 5) is 0.285. The lowest BCUT2D eigenvalue weighted by atomic mass is 10.2. The summed E-state index contributed by atoms with van der Waals surface area (Å²) in [6.07, 6.45) is 0. The maximum atomic E-state index is 12.7. The predicted molar refractivity (Wildman–Crippen MR) is 85.0 cm³/mol. The van der Waals surface area contributed by atoms with Crippen molar-refractivity contribution in [2.75, 3.05) is 19.4 Å². The van der Waals surface area contributed by atoms with Crippen LogP contribution in [-0.4, -0.2) is 38.2 Å². The Labute approximate surface area is 127 Å². The summed E-state index contributed by atoms with van der Waals surface area (Å²) in [5, 5.41) is 0. The van der Waals surface area contributed by atoms with E-state index in [1.807, 2.05) is 20.8 Å². The van der Waals surface area contributed by atoms with Crippen molar-refractivity contribution in [3.63, 3.8) is 0 Å². The van der Waals surface area contributed by atoms with E-state index in [1.54, 1.807) is 31.4 Å². The lowest BCUT2D eigenvalue weighted by Gasteiger charge is -2.29. The quantitative estimate of drug-likeness (QED) is 0.787. The summed E-state index contributed by atoms with van der Waals surface area (Å²) >= 11 is 4.23. The molecule has 20 heavy (non-hydrogen) atoms. The van der Waals surface area contributed by atoms with Gasteiger partial charge >= 0.3 is 0 Å². The van der Waals surface area contributed by atoms with Crippen molar-refractivity contribution in [1.29, 1.82) is 0 Å². The molecule has 1 unspecified atom stereocenters. The minimum Gasteiger partial charge on any atom is -0.497 e. The van der Waals surface area contributed by atoms with Crippen LogP contribution in [0, 0.1) is 5.92 Å². The maximum Gasteiger partial charge on any atom is 0.243 e. The largest absolute Gasteiger partial charge is 0.497 e. The molecule has 6 heteroatoms. The Balaban J connectivity index is 3.14. The van der Waals surface area contributed by atoms with Gasteiger partial charge in [-0.3, -0.25) is 0 Å². The van der Waals surface area contributed by atoms with Crippen LogP contribution in [0.5, 0.6) is 5.75 Å². The fourth-order valence-electron chi connectivity index (χ4n) is 1.85. The van der Waals surface area contributed by atoms with Gasteiger partial charge in [-0.1, -0.05) is 13.8 Å². The first kappa shape index (κ1) is 17.3. The SMILES string of the molecule is COc1ccc(S(=O)(=O)N(CC(C)C)C(C)CS)cc1. The second kappa shape index (κ2) is 7.33. The monoisotopic (exact) mass is 317 g/mol. The normalized spacial score (nSPS) is 13.8. The van der Waals surface area contributed by atoms with E-state index in [9.17, 15) is 8.42 Å². The zero-order valence-electron chi connectivity index (χ0n) is 12.4. The van der Waals surface area contributed by atoms with Crippen LogP contribution in [0.2, 0.25) is 0 Å². The van der Waals surface area contributed by atoms with E-state index in [-0.39, 0.29) is 16.9 Å². The first-order chi connectivity index (χ1) is 9.32. The van der Waals surface area contributed by atoms with Gasteiger partial charge in [0.15, 0.2) is 0 Å². The van der Waals surface area contributed by atoms with Gasteiger partial charge in [0.1, 0.15) is 5.75 Å². The Hall–Kier alpha value is -0.720. The Bertz CT molecular complexity index is 512. The Kier molecular flexibility index (Phi) is 6.36. The third-order valence-corrected chi connectivity index (χ3v) is 5.49. The molecule has 1 rings (SSSR count). The van der Waals surface area contributed by atoms with E-state index in [1.165, 1.54) is 4.31 Å². The molecule has 4 nitrogen and oxygen atoms in total. The molecule has 0 saturated carbocycles.